The first kappa shape index (κ1) is 20.1. The molecule has 1 saturated heterocycles. The number of ether oxygens (including phenoxy) is 1. The molecule has 1 aromatic heterocycles. The third-order valence-corrected chi connectivity index (χ3v) is 7.05. The molecule has 1 aliphatic rings. The van der Waals surface area contributed by atoms with Crippen LogP contribution in [0, 0.1) is 17.1 Å². The maximum atomic E-state index is 14.0. The molecule has 0 saturated carbocycles. The van der Waals surface area contributed by atoms with Crippen LogP contribution in [-0.2, 0) is 10.0 Å². The van der Waals surface area contributed by atoms with Crippen LogP contribution < -0.4 is 9.64 Å². The number of sulfonamides is 1. The summed E-state index contributed by atoms with van der Waals surface area (Å²) in [7, 11) is -2.36. The van der Waals surface area contributed by atoms with Crippen LogP contribution in [-0.4, -0.2) is 51.0 Å². The molecule has 4 rings (SSSR count). The van der Waals surface area contributed by atoms with Crippen LogP contribution in [0.2, 0.25) is 0 Å². The fourth-order valence-electron chi connectivity index (χ4n) is 3.52. The monoisotopic (exact) mass is 426 g/mol. The Morgan fingerprint density at radius 3 is 2.50 bits per heavy atom. The summed E-state index contributed by atoms with van der Waals surface area (Å²) in [6.45, 7) is 1.01. The lowest BCUT2D eigenvalue weighted by atomic mass is 10.1. The van der Waals surface area contributed by atoms with Crippen LogP contribution in [0.15, 0.2) is 53.4 Å². The fourth-order valence-corrected chi connectivity index (χ4v) is 5.01. The largest absolute Gasteiger partial charge is 0.497 e. The number of anilines is 1. The minimum Gasteiger partial charge on any atom is -0.497 e. The van der Waals surface area contributed by atoms with Gasteiger partial charge < -0.3 is 9.64 Å². The number of rotatable bonds is 4. The molecule has 0 atom stereocenters. The first-order chi connectivity index (χ1) is 14.4. The standard InChI is InChI=1S/C21H19FN4O3S/c1-29-17-7-6-15-12-16(14-23)21(24-19(15)13-17)25-8-10-26(11-9-25)30(27,28)20-5-3-2-4-18(20)22/h2-7,12-13H,8-11H2,1H3. The van der Waals surface area contributed by atoms with E-state index >= 15 is 0 Å². The molecule has 3 aromatic rings. The Balaban J connectivity index is 1.60. The van der Waals surface area contributed by atoms with Gasteiger partial charge in [-0.25, -0.2) is 17.8 Å². The molecule has 2 aromatic carbocycles. The summed E-state index contributed by atoms with van der Waals surface area (Å²) >= 11 is 0. The van der Waals surface area contributed by atoms with Gasteiger partial charge in [0.15, 0.2) is 0 Å². The lowest BCUT2D eigenvalue weighted by Crippen LogP contribution is -2.49. The van der Waals surface area contributed by atoms with Gasteiger partial charge >= 0.3 is 0 Å². The van der Waals surface area contributed by atoms with Gasteiger partial charge in [-0.05, 0) is 30.3 Å². The number of hydrogen-bond acceptors (Lipinski definition) is 6. The number of nitriles is 1. The summed E-state index contributed by atoms with van der Waals surface area (Å²) in [6, 6.07) is 14.7. The summed E-state index contributed by atoms with van der Waals surface area (Å²) in [5, 5.41) is 10.4. The van der Waals surface area contributed by atoms with Gasteiger partial charge in [0.2, 0.25) is 10.0 Å². The van der Waals surface area contributed by atoms with Crippen molar-refractivity contribution in [1.82, 2.24) is 9.29 Å². The van der Waals surface area contributed by atoms with E-state index in [4.69, 9.17) is 4.74 Å². The number of piperazine rings is 1. The van der Waals surface area contributed by atoms with E-state index in [1.807, 2.05) is 11.0 Å². The number of methoxy groups -OCH3 is 1. The van der Waals surface area contributed by atoms with E-state index in [9.17, 15) is 18.1 Å². The van der Waals surface area contributed by atoms with Crippen LogP contribution in [0.4, 0.5) is 10.2 Å². The van der Waals surface area contributed by atoms with Gasteiger partial charge in [0.25, 0.3) is 0 Å². The number of fused-ring (bicyclic) bond motifs is 1. The Bertz CT molecular complexity index is 1250. The van der Waals surface area contributed by atoms with Crippen molar-refractivity contribution in [3.8, 4) is 11.8 Å². The molecule has 154 valence electrons. The van der Waals surface area contributed by atoms with Crippen molar-refractivity contribution in [2.45, 2.75) is 4.90 Å². The van der Waals surface area contributed by atoms with Gasteiger partial charge in [-0.3, -0.25) is 0 Å². The van der Waals surface area contributed by atoms with Crippen LogP contribution in [0.1, 0.15) is 5.56 Å². The second kappa shape index (κ2) is 7.89. The van der Waals surface area contributed by atoms with Gasteiger partial charge in [0.1, 0.15) is 28.3 Å². The third kappa shape index (κ3) is 3.56. The van der Waals surface area contributed by atoms with Crippen molar-refractivity contribution in [3.05, 3.63) is 59.9 Å². The van der Waals surface area contributed by atoms with Gasteiger partial charge in [-0.2, -0.15) is 9.57 Å². The van der Waals surface area contributed by atoms with Gasteiger partial charge in [-0.15, -0.1) is 0 Å². The van der Waals surface area contributed by atoms with Crippen LogP contribution >= 0.6 is 0 Å². The second-order valence-electron chi connectivity index (χ2n) is 6.85. The quantitative estimate of drug-likeness (QED) is 0.638. The average molecular weight is 426 g/mol. The lowest BCUT2D eigenvalue weighted by molar-refractivity contribution is 0.381. The average Bonchev–Trinajstić information content (AvgIpc) is 2.78. The van der Waals surface area contributed by atoms with Crippen molar-refractivity contribution >= 4 is 26.7 Å². The van der Waals surface area contributed by atoms with Crippen molar-refractivity contribution < 1.29 is 17.5 Å². The highest BCUT2D eigenvalue weighted by molar-refractivity contribution is 7.89. The Labute approximate surface area is 174 Å². The molecule has 7 nitrogen and oxygen atoms in total. The highest BCUT2D eigenvalue weighted by atomic mass is 32.2. The lowest BCUT2D eigenvalue weighted by Gasteiger charge is -2.35. The number of benzene rings is 2. The molecule has 0 aliphatic carbocycles. The maximum Gasteiger partial charge on any atom is 0.246 e. The molecule has 1 aliphatic heterocycles. The maximum absolute atomic E-state index is 14.0. The predicted molar refractivity (Wildman–Crippen MR) is 110 cm³/mol. The van der Waals surface area contributed by atoms with Crippen LogP contribution in [0.25, 0.3) is 10.9 Å². The summed E-state index contributed by atoms with van der Waals surface area (Å²) in [5.41, 5.74) is 1.10. The predicted octanol–water partition coefficient (Wildman–Crippen LogP) is 2.77. The zero-order chi connectivity index (χ0) is 21.3. The van der Waals surface area contributed by atoms with Gasteiger partial charge in [0, 0.05) is 37.6 Å². The molecule has 0 unspecified atom stereocenters. The van der Waals surface area contributed by atoms with E-state index in [1.165, 1.54) is 22.5 Å². The van der Waals surface area contributed by atoms with E-state index in [0.29, 0.717) is 35.7 Å². The normalized spacial score (nSPS) is 15.2. The topological polar surface area (TPSA) is 86.5 Å². The molecule has 2 heterocycles. The highest BCUT2D eigenvalue weighted by Gasteiger charge is 2.31. The molecule has 0 bridgehead atoms. The number of aromatic nitrogens is 1. The fraction of sp³-hybridized carbons (Fsp3) is 0.238. The zero-order valence-electron chi connectivity index (χ0n) is 16.2. The minimum absolute atomic E-state index is 0.166. The number of nitrogens with zero attached hydrogens (tertiary/aromatic N) is 4. The SMILES string of the molecule is COc1ccc2cc(C#N)c(N3CCN(S(=O)(=O)c4ccccc4F)CC3)nc2c1. The molecular formula is C21H19FN4O3S. The van der Waals surface area contributed by atoms with Crippen LogP contribution in [0.5, 0.6) is 5.75 Å². The molecule has 0 N–H and O–H groups in total. The molecule has 1 fully saturated rings. The smallest absolute Gasteiger partial charge is 0.246 e. The molecule has 0 spiro atoms. The molecular weight excluding hydrogens is 407 g/mol. The second-order valence-corrected chi connectivity index (χ2v) is 8.76. The Hall–Kier alpha value is -3.22. The van der Waals surface area contributed by atoms with Crippen molar-refractivity contribution in [1.29, 1.82) is 5.26 Å². The van der Waals surface area contributed by atoms with Crippen molar-refractivity contribution in [2.75, 3.05) is 38.2 Å². The van der Waals surface area contributed by atoms with Crippen molar-refractivity contribution in [2.24, 2.45) is 0 Å². The molecule has 0 amide bonds. The van der Waals surface area contributed by atoms with E-state index in [1.54, 1.807) is 25.3 Å². The van der Waals surface area contributed by atoms with E-state index in [0.717, 1.165) is 11.5 Å². The number of pyridine rings is 1. The summed E-state index contributed by atoms with van der Waals surface area (Å²) in [4.78, 5) is 6.19. The highest BCUT2D eigenvalue weighted by Crippen LogP contribution is 2.28. The van der Waals surface area contributed by atoms with Gasteiger partial charge in [-0.1, -0.05) is 12.1 Å². The molecule has 30 heavy (non-hydrogen) atoms. The minimum atomic E-state index is -3.93. The Kier molecular flexibility index (Phi) is 5.28. The Morgan fingerprint density at radius 1 is 1.10 bits per heavy atom. The first-order valence-corrected chi connectivity index (χ1v) is 10.8. The third-order valence-electron chi connectivity index (χ3n) is 5.12. The van der Waals surface area contributed by atoms with Crippen LogP contribution in [0.3, 0.4) is 0 Å². The number of halogens is 1. The molecule has 9 heteroatoms. The van der Waals surface area contributed by atoms with E-state index < -0.39 is 15.8 Å². The van der Waals surface area contributed by atoms with Crippen molar-refractivity contribution in [3.63, 3.8) is 0 Å². The van der Waals surface area contributed by atoms with Gasteiger partial charge in [0.05, 0.1) is 18.2 Å². The molecule has 0 radical (unpaired) electrons. The van der Waals surface area contributed by atoms with E-state index in [2.05, 4.69) is 11.1 Å². The Morgan fingerprint density at radius 2 is 1.83 bits per heavy atom. The number of hydrogen-bond donors (Lipinski definition) is 0. The summed E-state index contributed by atoms with van der Waals surface area (Å²) in [5.74, 6) is 0.393. The summed E-state index contributed by atoms with van der Waals surface area (Å²) in [6.07, 6.45) is 0. The zero-order valence-corrected chi connectivity index (χ0v) is 17.1. The van der Waals surface area contributed by atoms with E-state index in [-0.39, 0.29) is 18.0 Å². The summed E-state index contributed by atoms with van der Waals surface area (Å²) < 4.78 is 46.1. The first-order valence-electron chi connectivity index (χ1n) is 9.32.